The van der Waals surface area contributed by atoms with Crippen molar-refractivity contribution < 1.29 is 14.8 Å². The van der Waals surface area contributed by atoms with Crippen LogP contribution in [0.2, 0.25) is 0 Å². The number of aliphatic hydroxyl groups is 1. The molecule has 7 nitrogen and oxygen atoms in total. The molecule has 100 valence electrons. The highest BCUT2D eigenvalue weighted by molar-refractivity contribution is 5.93. The molecule has 0 fully saturated rings. The zero-order valence-electron chi connectivity index (χ0n) is 10.6. The molecule has 1 aromatic heterocycles. The molecule has 2 N–H and O–H groups in total. The first kappa shape index (κ1) is 14.2. The maximum Gasteiger partial charge on any atom is 0.287 e. The van der Waals surface area contributed by atoms with E-state index in [-0.39, 0.29) is 24.0 Å². The van der Waals surface area contributed by atoms with Gasteiger partial charge in [-0.05, 0) is 20.8 Å². The molecule has 0 saturated heterocycles. The average molecular weight is 255 g/mol. The van der Waals surface area contributed by atoms with Crippen LogP contribution in [0.3, 0.4) is 0 Å². The highest BCUT2D eigenvalue weighted by Gasteiger charge is 2.21. The number of carbonyl (C=O) groups excluding carboxylic acids is 1. The van der Waals surface area contributed by atoms with Gasteiger partial charge in [0.2, 0.25) is 0 Å². The van der Waals surface area contributed by atoms with Crippen LogP contribution in [-0.2, 0) is 0 Å². The lowest BCUT2D eigenvalue weighted by Gasteiger charge is -2.14. The van der Waals surface area contributed by atoms with E-state index < -0.39 is 16.9 Å². The van der Waals surface area contributed by atoms with Gasteiger partial charge in [0.25, 0.3) is 11.6 Å². The first-order valence-electron chi connectivity index (χ1n) is 5.64. The molecule has 0 saturated carbocycles. The van der Waals surface area contributed by atoms with Crippen molar-refractivity contribution in [2.75, 3.05) is 6.61 Å². The number of nitrogens with one attached hydrogen (secondary N) is 1. The fraction of sp³-hybridized carbons (Fsp3) is 0.545. The second-order valence-corrected chi connectivity index (χ2v) is 4.40. The third-order valence-electron chi connectivity index (χ3n) is 2.49. The van der Waals surface area contributed by atoms with Gasteiger partial charge in [0, 0.05) is 18.2 Å². The van der Waals surface area contributed by atoms with E-state index in [2.05, 4.69) is 5.32 Å². The lowest BCUT2D eigenvalue weighted by Crippen LogP contribution is -2.36. The zero-order chi connectivity index (χ0) is 13.9. The van der Waals surface area contributed by atoms with Gasteiger partial charge in [0.1, 0.15) is 5.69 Å². The molecule has 0 aliphatic carbocycles. The quantitative estimate of drug-likeness (QED) is 0.607. The summed E-state index contributed by atoms with van der Waals surface area (Å²) in [4.78, 5) is 22.1. The summed E-state index contributed by atoms with van der Waals surface area (Å²) in [5, 5.41) is 22.1. The van der Waals surface area contributed by atoms with Crippen LogP contribution in [0.25, 0.3) is 0 Å². The van der Waals surface area contributed by atoms with Crippen molar-refractivity contribution >= 4 is 11.6 Å². The molecule has 1 atom stereocenters. The van der Waals surface area contributed by atoms with Crippen molar-refractivity contribution in [3.05, 3.63) is 28.1 Å². The summed E-state index contributed by atoms with van der Waals surface area (Å²) in [5.41, 5.74) is 0.0995. The Balaban J connectivity index is 3.06. The fourth-order valence-corrected chi connectivity index (χ4v) is 1.52. The first-order valence-corrected chi connectivity index (χ1v) is 5.64. The van der Waals surface area contributed by atoms with E-state index in [1.807, 2.05) is 13.8 Å². The predicted molar refractivity (Wildman–Crippen MR) is 65.5 cm³/mol. The molecule has 1 rings (SSSR count). The normalized spacial score (nSPS) is 12.5. The largest absolute Gasteiger partial charge is 0.394 e. The van der Waals surface area contributed by atoms with Gasteiger partial charge in [-0.25, -0.2) is 0 Å². The number of nitro groups is 1. The Morgan fingerprint density at radius 3 is 2.61 bits per heavy atom. The number of hydrogen-bond donors (Lipinski definition) is 2. The Morgan fingerprint density at radius 2 is 2.17 bits per heavy atom. The lowest BCUT2D eigenvalue weighted by atomic mass is 10.3. The van der Waals surface area contributed by atoms with Crippen molar-refractivity contribution in [3.63, 3.8) is 0 Å². The van der Waals surface area contributed by atoms with E-state index in [0.29, 0.717) is 0 Å². The first-order chi connectivity index (χ1) is 8.36. The van der Waals surface area contributed by atoms with Gasteiger partial charge < -0.3 is 15.0 Å². The molecule has 0 bridgehead atoms. The standard InChI is InChI=1S/C11H17N3O4/c1-7(2)13-5-9(14(17)18)4-10(13)11(16)12-8(3)6-15/h4-5,7-8,15H,6H2,1-3H3,(H,12,16). The topological polar surface area (TPSA) is 97.4 Å². The van der Waals surface area contributed by atoms with Gasteiger partial charge in [-0.3, -0.25) is 14.9 Å². The highest BCUT2D eigenvalue weighted by Crippen LogP contribution is 2.20. The SMILES string of the molecule is CC(CO)NC(=O)c1cc([N+](=O)[O-])cn1C(C)C. The monoisotopic (exact) mass is 255 g/mol. The van der Waals surface area contributed by atoms with Crippen LogP contribution >= 0.6 is 0 Å². The van der Waals surface area contributed by atoms with E-state index in [1.54, 1.807) is 6.92 Å². The predicted octanol–water partition coefficient (Wildman–Crippen LogP) is 1.09. The summed E-state index contributed by atoms with van der Waals surface area (Å²) in [6.45, 7) is 5.12. The number of aliphatic hydroxyl groups excluding tert-OH is 1. The van der Waals surface area contributed by atoms with Crippen molar-refractivity contribution in [1.82, 2.24) is 9.88 Å². The number of carbonyl (C=O) groups is 1. The second-order valence-electron chi connectivity index (χ2n) is 4.40. The summed E-state index contributed by atoms with van der Waals surface area (Å²) in [7, 11) is 0. The summed E-state index contributed by atoms with van der Waals surface area (Å²) in [5.74, 6) is -0.432. The molecular formula is C11H17N3O4. The van der Waals surface area contributed by atoms with Crippen molar-refractivity contribution in [3.8, 4) is 0 Å². The minimum atomic E-state index is -0.537. The Kier molecular flexibility index (Phi) is 4.43. The van der Waals surface area contributed by atoms with Gasteiger partial charge in [0.15, 0.2) is 0 Å². The Hall–Kier alpha value is -1.89. The maximum absolute atomic E-state index is 11.9. The van der Waals surface area contributed by atoms with E-state index in [4.69, 9.17) is 5.11 Å². The molecule has 0 aliphatic heterocycles. The van der Waals surface area contributed by atoms with Gasteiger partial charge >= 0.3 is 0 Å². The smallest absolute Gasteiger partial charge is 0.287 e. The molecule has 0 aliphatic rings. The second kappa shape index (κ2) is 5.63. The molecule has 0 spiro atoms. The third kappa shape index (κ3) is 3.07. The van der Waals surface area contributed by atoms with Crippen molar-refractivity contribution in [2.45, 2.75) is 32.9 Å². The van der Waals surface area contributed by atoms with Gasteiger partial charge in [0.05, 0.1) is 17.7 Å². The molecule has 1 amide bonds. The summed E-state index contributed by atoms with van der Waals surface area (Å²) in [6, 6.07) is 0.773. The van der Waals surface area contributed by atoms with E-state index in [0.717, 1.165) is 0 Å². The van der Waals surface area contributed by atoms with Crippen molar-refractivity contribution in [1.29, 1.82) is 0 Å². The Labute approximate surface area is 105 Å². The summed E-state index contributed by atoms with van der Waals surface area (Å²) < 4.78 is 1.54. The van der Waals surface area contributed by atoms with E-state index in [9.17, 15) is 14.9 Å². The number of amides is 1. The summed E-state index contributed by atoms with van der Waals surface area (Å²) >= 11 is 0. The molecule has 1 aromatic rings. The number of nitrogens with zero attached hydrogens (tertiary/aromatic N) is 2. The molecule has 1 heterocycles. The van der Waals surface area contributed by atoms with Crippen LogP contribution in [-0.4, -0.2) is 33.2 Å². The van der Waals surface area contributed by atoms with E-state index >= 15 is 0 Å². The molecule has 18 heavy (non-hydrogen) atoms. The van der Waals surface area contributed by atoms with Gasteiger partial charge in [-0.1, -0.05) is 0 Å². The van der Waals surface area contributed by atoms with Crippen molar-refractivity contribution in [2.24, 2.45) is 0 Å². The van der Waals surface area contributed by atoms with Crippen LogP contribution in [0.15, 0.2) is 12.3 Å². The highest BCUT2D eigenvalue weighted by atomic mass is 16.6. The summed E-state index contributed by atoms with van der Waals surface area (Å²) in [6.07, 6.45) is 1.34. The minimum absolute atomic E-state index is 0.0658. The number of aromatic nitrogens is 1. The lowest BCUT2D eigenvalue weighted by molar-refractivity contribution is -0.384. The molecular weight excluding hydrogens is 238 g/mol. The number of hydrogen-bond acceptors (Lipinski definition) is 4. The fourth-order valence-electron chi connectivity index (χ4n) is 1.52. The maximum atomic E-state index is 11.9. The average Bonchev–Trinajstić information content (AvgIpc) is 2.73. The zero-order valence-corrected chi connectivity index (χ0v) is 10.6. The minimum Gasteiger partial charge on any atom is -0.394 e. The molecule has 0 aromatic carbocycles. The van der Waals surface area contributed by atoms with Crippen LogP contribution in [0, 0.1) is 10.1 Å². The molecule has 1 unspecified atom stereocenters. The Bertz CT molecular complexity index is 453. The molecule has 0 radical (unpaired) electrons. The van der Waals surface area contributed by atoms with Gasteiger partial charge in [-0.15, -0.1) is 0 Å². The third-order valence-corrected chi connectivity index (χ3v) is 2.49. The van der Waals surface area contributed by atoms with Crippen LogP contribution < -0.4 is 5.32 Å². The van der Waals surface area contributed by atoms with Crippen LogP contribution in [0.1, 0.15) is 37.3 Å². The van der Waals surface area contributed by atoms with E-state index in [1.165, 1.54) is 16.8 Å². The Morgan fingerprint density at radius 1 is 1.56 bits per heavy atom. The molecule has 7 heteroatoms. The van der Waals surface area contributed by atoms with Gasteiger partial charge in [-0.2, -0.15) is 0 Å². The van der Waals surface area contributed by atoms with Crippen LogP contribution in [0.4, 0.5) is 5.69 Å². The van der Waals surface area contributed by atoms with Crippen LogP contribution in [0.5, 0.6) is 0 Å². The number of rotatable bonds is 5.